The zero-order chi connectivity index (χ0) is 19.2. The van der Waals surface area contributed by atoms with Gasteiger partial charge in [0.05, 0.1) is 25.9 Å². The minimum absolute atomic E-state index is 0.00836. The van der Waals surface area contributed by atoms with Gasteiger partial charge in [0.1, 0.15) is 0 Å². The van der Waals surface area contributed by atoms with Crippen LogP contribution in [0.3, 0.4) is 0 Å². The highest BCUT2D eigenvalue weighted by molar-refractivity contribution is 5.75. The number of likely N-dealkylation sites (N-methyl/N-ethyl adjacent to an activating group) is 1. The molecule has 0 spiro atoms. The maximum absolute atomic E-state index is 11.0. The van der Waals surface area contributed by atoms with Crippen LogP contribution < -0.4 is 10.6 Å². The van der Waals surface area contributed by atoms with Crippen molar-refractivity contribution >= 4 is 11.9 Å². The molecule has 1 unspecified atom stereocenters. The van der Waals surface area contributed by atoms with E-state index in [1.807, 2.05) is 35.0 Å². The first-order valence-corrected chi connectivity index (χ1v) is 8.91. The van der Waals surface area contributed by atoms with Crippen LogP contribution in [-0.2, 0) is 16.1 Å². The number of aliphatic hydroxyl groups is 1. The van der Waals surface area contributed by atoms with Gasteiger partial charge in [-0.3, -0.25) is 9.69 Å². The number of benzene rings is 1. The number of aliphatic hydroxyl groups excluding tert-OH is 1. The molecular formula is C19H25N5O3. The molecule has 2 heterocycles. The van der Waals surface area contributed by atoms with Crippen molar-refractivity contribution in [2.24, 2.45) is 5.73 Å². The van der Waals surface area contributed by atoms with E-state index in [1.165, 1.54) is 0 Å². The van der Waals surface area contributed by atoms with Gasteiger partial charge < -0.3 is 20.5 Å². The number of ether oxygens (including phenoxy) is 1. The van der Waals surface area contributed by atoms with Gasteiger partial charge in [-0.2, -0.15) is 0 Å². The SMILES string of the molecule is CN(CC(N)=O)Cc1cccc(-c2cnc(N3CCOC(CO)C3)nc2)c1. The molecule has 1 amide bonds. The van der Waals surface area contributed by atoms with Crippen LogP contribution in [0.4, 0.5) is 5.95 Å². The van der Waals surface area contributed by atoms with Crippen molar-refractivity contribution in [3.8, 4) is 11.1 Å². The zero-order valence-corrected chi connectivity index (χ0v) is 15.4. The van der Waals surface area contributed by atoms with E-state index in [0.29, 0.717) is 32.2 Å². The minimum Gasteiger partial charge on any atom is -0.394 e. The molecule has 1 aliphatic rings. The minimum atomic E-state index is -0.343. The predicted octanol–water partition coefficient (Wildman–Crippen LogP) is 0.258. The van der Waals surface area contributed by atoms with Crippen LogP contribution in [0.25, 0.3) is 11.1 Å². The Balaban J connectivity index is 1.70. The summed E-state index contributed by atoms with van der Waals surface area (Å²) in [6.45, 7) is 2.68. The molecule has 1 saturated heterocycles. The Kier molecular flexibility index (Phi) is 6.33. The maximum atomic E-state index is 11.0. The number of morpholine rings is 1. The summed E-state index contributed by atoms with van der Waals surface area (Å²) in [4.78, 5) is 23.9. The number of rotatable bonds is 7. The first kappa shape index (κ1) is 19.2. The summed E-state index contributed by atoms with van der Waals surface area (Å²) in [7, 11) is 1.86. The molecule has 0 bridgehead atoms. The van der Waals surface area contributed by atoms with Crippen LogP contribution in [0, 0.1) is 0 Å². The Hall–Kier alpha value is -2.55. The molecular weight excluding hydrogens is 346 g/mol. The normalized spacial score (nSPS) is 17.3. The third-order valence-electron chi connectivity index (χ3n) is 4.40. The number of carbonyl (C=O) groups is 1. The number of hydrogen-bond acceptors (Lipinski definition) is 7. The third kappa shape index (κ3) is 5.22. The largest absolute Gasteiger partial charge is 0.394 e. The van der Waals surface area contributed by atoms with E-state index in [2.05, 4.69) is 16.0 Å². The number of anilines is 1. The molecule has 8 heteroatoms. The van der Waals surface area contributed by atoms with Gasteiger partial charge in [0, 0.05) is 37.6 Å². The van der Waals surface area contributed by atoms with E-state index in [9.17, 15) is 9.90 Å². The summed E-state index contributed by atoms with van der Waals surface area (Å²) in [5.41, 5.74) is 8.26. The number of primary amides is 1. The van der Waals surface area contributed by atoms with Gasteiger partial charge in [0.15, 0.2) is 0 Å². The highest BCUT2D eigenvalue weighted by Gasteiger charge is 2.21. The van der Waals surface area contributed by atoms with Gasteiger partial charge in [0.2, 0.25) is 11.9 Å². The highest BCUT2D eigenvalue weighted by atomic mass is 16.5. The number of amides is 1. The summed E-state index contributed by atoms with van der Waals surface area (Å²) < 4.78 is 5.46. The molecule has 1 atom stereocenters. The van der Waals surface area contributed by atoms with E-state index >= 15 is 0 Å². The van der Waals surface area contributed by atoms with E-state index in [1.54, 1.807) is 12.4 Å². The van der Waals surface area contributed by atoms with Gasteiger partial charge in [0.25, 0.3) is 0 Å². The van der Waals surface area contributed by atoms with Crippen molar-refractivity contribution in [1.29, 1.82) is 0 Å². The average molecular weight is 371 g/mol. The molecule has 3 N–H and O–H groups in total. The molecule has 144 valence electrons. The lowest BCUT2D eigenvalue weighted by atomic mass is 10.1. The van der Waals surface area contributed by atoms with Crippen LogP contribution in [0.2, 0.25) is 0 Å². The van der Waals surface area contributed by atoms with Crippen LogP contribution in [0.15, 0.2) is 36.7 Å². The zero-order valence-electron chi connectivity index (χ0n) is 15.4. The van der Waals surface area contributed by atoms with Gasteiger partial charge in [-0.1, -0.05) is 18.2 Å². The summed E-state index contributed by atoms with van der Waals surface area (Å²) >= 11 is 0. The summed E-state index contributed by atoms with van der Waals surface area (Å²) in [5, 5.41) is 9.26. The molecule has 0 radical (unpaired) electrons. The Morgan fingerprint density at radius 2 is 2.15 bits per heavy atom. The van der Waals surface area contributed by atoms with Crippen molar-refractivity contribution in [3.05, 3.63) is 42.2 Å². The van der Waals surface area contributed by atoms with Gasteiger partial charge in [-0.05, 0) is 24.2 Å². The number of aromatic nitrogens is 2. The fourth-order valence-electron chi connectivity index (χ4n) is 3.13. The average Bonchev–Trinajstić information content (AvgIpc) is 2.67. The molecule has 1 aromatic heterocycles. The monoisotopic (exact) mass is 371 g/mol. The fourth-order valence-corrected chi connectivity index (χ4v) is 3.13. The Morgan fingerprint density at radius 1 is 1.37 bits per heavy atom. The Bertz CT molecular complexity index is 768. The molecule has 3 rings (SSSR count). The number of hydrogen-bond donors (Lipinski definition) is 2. The predicted molar refractivity (Wildman–Crippen MR) is 102 cm³/mol. The first-order chi connectivity index (χ1) is 13.0. The molecule has 0 aliphatic carbocycles. The number of carbonyl (C=O) groups excluding carboxylic acids is 1. The van der Waals surface area contributed by atoms with Gasteiger partial charge in [-0.15, -0.1) is 0 Å². The van der Waals surface area contributed by atoms with Crippen molar-refractivity contribution < 1.29 is 14.6 Å². The van der Waals surface area contributed by atoms with E-state index in [0.717, 1.165) is 16.7 Å². The second-order valence-corrected chi connectivity index (χ2v) is 6.73. The van der Waals surface area contributed by atoms with E-state index < -0.39 is 0 Å². The molecule has 8 nitrogen and oxygen atoms in total. The summed E-state index contributed by atoms with van der Waals surface area (Å²) in [6, 6.07) is 8.06. The lowest BCUT2D eigenvalue weighted by molar-refractivity contribution is -0.118. The third-order valence-corrected chi connectivity index (χ3v) is 4.40. The lowest BCUT2D eigenvalue weighted by Crippen LogP contribution is -2.44. The van der Waals surface area contributed by atoms with Crippen LogP contribution >= 0.6 is 0 Å². The maximum Gasteiger partial charge on any atom is 0.231 e. The second kappa shape index (κ2) is 8.90. The fraction of sp³-hybridized carbons (Fsp3) is 0.421. The molecule has 0 saturated carbocycles. The quantitative estimate of drug-likeness (QED) is 0.719. The number of nitrogens with zero attached hydrogens (tertiary/aromatic N) is 4. The molecule has 1 aliphatic heterocycles. The molecule has 1 fully saturated rings. The Morgan fingerprint density at radius 3 is 2.85 bits per heavy atom. The number of nitrogens with two attached hydrogens (primary N) is 1. The van der Waals surface area contributed by atoms with Crippen molar-refractivity contribution in [1.82, 2.24) is 14.9 Å². The van der Waals surface area contributed by atoms with Crippen molar-refractivity contribution in [2.75, 3.05) is 44.8 Å². The van der Waals surface area contributed by atoms with Crippen molar-refractivity contribution in [2.45, 2.75) is 12.6 Å². The highest BCUT2D eigenvalue weighted by Crippen LogP contribution is 2.21. The van der Waals surface area contributed by atoms with Gasteiger partial charge in [-0.25, -0.2) is 9.97 Å². The first-order valence-electron chi connectivity index (χ1n) is 8.91. The molecule has 2 aromatic rings. The van der Waals surface area contributed by atoms with Crippen LogP contribution in [0.1, 0.15) is 5.56 Å². The van der Waals surface area contributed by atoms with E-state index in [-0.39, 0.29) is 25.2 Å². The standard InChI is InChI=1S/C19H25N5O3/c1-23(12-18(20)26)10-14-3-2-4-15(7-14)16-8-21-19(22-9-16)24-5-6-27-17(11-24)13-25/h2-4,7-9,17,25H,5-6,10-13H2,1H3,(H2,20,26). The van der Waals surface area contributed by atoms with Crippen molar-refractivity contribution in [3.63, 3.8) is 0 Å². The topological polar surface area (TPSA) is 105 Å². The Labute approximate surface area is 158 Å². The smallest absolute Gasteiger partial charge is 0.231 e. The lowest BCUT2D eigenvalue weighted by Gasteiger charge is -2.31. The summed E-state index contributed by atoms with van der Waals surface area (Å²) in [6.07, 6.45) is 3.41. The van der Waals surface area contributed by atoms with E-state index in [4.69, 9.17) is 10.5 Å². The second-order valence-electron chi connectivity index (χ2n) is 6.73. The van der Waals surface area contributed by atoms with Crippen LogP contribution in [0.5, 0.6) is 0 Å². The summed E-state index contributed by atoms with van der Waals surface area (Å²) in [5.74, 6) is 0.294. The molecule has 1 aromatic carbocycles. The van der Waals surface area contributed by atoms with Crippen LogP contribution in [-0.4, -0.2) is 71.9 Å². The molecule has 27 heavy (non-hydrogen) atoms. The van der Waals surface area contributed by atoms with Gasteiger partial charge >= 0.3 is 0 Å².